The normalized spacial score (nSPS) is 13.4. The number of nitrogens with one attached hydrogen (secondary N) is 3. The number of nitrogens with zero attached hydrogens (tertiary/aromatic N) is 2. The summed E-state index contributed by atoms with van der Waals surface area (Å²) in [7, 11) is 0. The molecular weight excluding hydrogens is 362 g/mol. The van der Waals surface area contributed by atoms with Crippen molar-refractivity contribution in [2.24, 2.45) is 0 Å². The van der Waals surface area contributed by atoms with Crippen LogP contribution in [0.5, 0.6) is 0 Å². The summed E-state index contributed by atoms with van der Waals surface area (Å²) < 4.78 is 0. The maximum Gasteiger partial charge on any atom is 0.276 e. The first kappa shape index (κ1) is 17.7. The van der Waals surface area contributed by atoms with Crippen molar-refractivity contribution in [3.05, 3.63) is 76.9 Å². The molecule has 146 valence electrons. The SMILES string of the molecule is O=C(Nc1ccc(CCc2nc3ccccc3[nH]2)cc1)c1n[nH]c2c1CCCC2. The molecule has 1 aliphatic rings. The van der Waals surface area contributed by atoms with Gasteiger partial charge in [-0.25, -0.2) is 4.98 Å². The summed E-state index contributed by atoms with van der Waals surface area (Å²) in [6.45, 7) is 0. The molecule has 29 heavy (non-hydrogen) atoms. The molecule has 5 rings (SSSR count). The van der Waals surface area contributed by atoms with E-state index in [1.165, 1.54) is 5.56 Å². The highest BCUT2D eigenvalue weighted by atomic mass is 16.1. The van der Waals surface area contributed by atoms with Crippen LogP contribution in [0.3, 0.4) is 0 Å². The number of imidazole rings is 1. The van der Waals surface area contributed by atoms with Crippen molar-refractivity contribution in [1.82, 2.24) is 20.2 Å². The zero-order valence-corrected chi connectivity index (χ0v) is 16.2. The highest BCUT2D eigenvalue weighted by Gasteiger charge is 2.21. The van der Waals surface area contributed by atoms with E-state index in [4.69, 9.17) is 0 Å². The molecular formula is C23H23N5O. The molecule has 2 aromatic heterocycles. The predicted molar refractivity (Wildman–Crippen MR) is 113 cm³/mol. The molecule has 1 aliphatic carbocycles. The lowest BCUT2D eigenvalue weighted by atomic mass is 9.96. The van der Waals surface area contributed by atoms with Gasteiger partial charge in [-0.2, -0.15) is 5.10 Å². The molecule has 0 bridgehead atoms. The van der Waals surface area contributed by atoms with Crippen molar-refractivity contribution >= 4 is 22.6 Å². The lowest BCUT2D eigenvalue weighted by Crippen LogP contribution is -2.15. The number of carbonyl (C=O) groups excluding carboxylic acids is 1. The smallest absolute Gasteiger partial charge is 0.276 e. The van der Waals surface area contributed by atoms with Crippen LogP contribution in [-0.2, 0) is 25.7 Å². The summed E-state index contributed by atoms with van der Waals surface area (Å²) in [4.78, 5) is 20.6. The second-order valence-corrected chi connectivity index (χ2v) is 7.59. The van der Waals surface area contributed by atoms with Gasteiger partial charge in [0.1, 0.15) is 5.82 Å². The zero-order chi connectivity index (χ0) is 19.6. The predicted octanol–water partition coefficient (Wildman–Crippen LogP) is 4.20. The molecule has 0 fully saturated rings. The first-order chi connectivity index (χ1) is 14.3. The van der Waals surface area contributed by atoms with Crippen LogP contribution in [-0.4, -0.2) is 26.1 Å². The van der Waals surface area contributed by atoms with Gasteiger partial charge < -0.3 is 10.3 Å². The van der Waals surface area contributed by atoms with E-state index in [-0.39, 0.29) is 5.91 Å². The van der Waals surface area contributed by atoms with Gasteiger partial charge in [-0.15, -0.1) is 0 Å². The monoisotopic (exact) mass is 385 g/mol. The number of anilines is 1. The number of H-pyrrole nitrogens is 2. The molecule has 1 amide bonds. The van der Waals surface area contributed by atoms with Gasteiger partial charge in [-0.05, 0) is 61.9 Å². The summed E-state index contributed by atoms with van der Waals surface area (Å²) in [5.41, 5.74) is 6.80. The Morgan fingerprint density at radius 3 is 2.69 bits per heavy atom. The largest absolute Gasteiger partial charge is 0.342 e. The highest BCUT2D eigenvalue weighted by Crippen LogP contribution is 2.23. The summed E-state index contributed by atoms with van der Waals surface area (Å²) in [6.07, 6.45) is 5.92. The maximum atomic E-state index is 12.6. The van der Waals surface area contributed by atoms with E-state index in [2.05, 4.69) is 37.6 Å². The van der Waals surface area contributed by atoms with Gasteiger partial charge in [-0.3, -0.25) is 9.89 Å². The molecule has 0 radical (unpaired) electrons. The Balaban J connectivity index is 1.22. The minimum absolute atomic E-state index is 0.139. The van der Waals surface area contributed by atoms with E-state index < -0.39 is 0 Å². The van der Waals surface area contributed by atoms with Crippen molar-refractivity contribution in [2.75, 3.05) is 5.32 Å². The standard InChI is InChI=1S/C23H23N5O/c29-23(22-17-5-1-2-6-18(17)27-28-22)24-16-12-9-15(10-13-16)11-14-21-25-19-7-3-4-8-20(19)26-21/h3-4,7-10,12-13H,1-2,5-6,11,14H2,(H,24,29)(H,25,26)(H,27,28). The average molecular weight is 385 g/mol. The van der Waals surface area contributed by atoms with Crippen LogP contribution < -0.4 is 5.32 Å². The molecule has 4 aromatic rings. The maximum absolute atomic E-state index is 12.6. The number of aromatic nitrogens is 4. The van der Waals surface area contributed by atoms with E-state index in [0.29, 0.717) is 5.69 Å². The average Bonchev–Trinajstić information content (AvgIpc) is 3.37. The van der Waals surface area contributed by atoms with Crippen molar-refractivity contribution < 1.29 is 4.79 Å². The lowest BCUT2D eigenvalue weighted by Gasteiger charge is -2.11. The van der Waals surface area contributed by atoms with E-state index >= 15 is 0 Å². The lowest BCUT2D eigenvalue weighted by molar-refractivity contribution is 0.102. The minimum atomic E-state index is -0.139. The molecule has 0 saturated heterocycles. The third-order valence-electron chi connectivity index (χ3n) is 5.57. The first-order valence-corrected chi connectivity index (χ1v) is 10.2. The minimum Gasteiger partial charge on any atom is -0.342 e. The quantitative estimate of drug-likeness (QED) is 0.481. The van der Waals surface area contributed by atoms with Crippen molar-refractivity contribution in [3.63, 3.8) is 0 Å². The molecule has 6 heteroatoms. The second kappa shape index (κ2) is 7.54. The van der Waals surface area contributed by atoms with Crippen LogP contribution in [0.15, 0.2) is 48.5 Å². The number of benzene rings is 2. The third-order valence-corrected chi connectivity index (χ3v) is 5.57. The van der Waals surface area contributed by atoms with E-state index in [1.54, 1.807) is 0 Å². The van der Waals surface area contributed by atoms with Gasteiger partial charge in [0, 0.05) is 23.4 Å². The Labute approximate surface area is 168 Å². The van der Waals surface area contributed by atoms with E-state index in [9.17, 15) is 4.79 Å². The van der Waals surface area contributed by atoms with Gasteiger partial charge in [-0.1, -0.05) is 24.3 Å². The van der Waals surface area contributed by atoms with Crippen LogP contribution in [0.1, 0.15) is 46.0 Å². The van der Waals surface area contributed by atoms with Gasteiger partial charge in [0.2, 0.25) is 0 Å². The topological polar surface area (TPSA) is 86.5 Å². The Morgan fingerprint density at radius 2 is 1.83 bits per heavy atom. The van der Waals surface area contributed by atoms with Crippen molar-refractivity contribution in [1.29, 1.82) is 0 Å². The Kier molecular flexibility index (Phi) is 4.60. The Hall–Kier alpha value is -3.41. The van der Waals surface area contributed by atoms with E-state index in [1.807, 2.05) is 36.4 Å². The van der Waals surface area contributed by atoms with Gasteiger partial charge >= 0.3 is 0 Å². The number of carbonyl (C=O) groups is 1. The number of hydrogen-bond donors (Lipinski definition) is 3. The highest BCUT2D eigenvalue weighted by molar-refractivity contribution is 6.04. The molecule has 2 heterocycles. The molecule has 0 saturated carbocycles. The molecule has 0 atom stereocenters. The first-order valence-electron chi connectivity index (χ1n) is 10.2. The molecule has 3 N–H and O–H groups in total. The molecule has 0 aliphatic heterocycles. The van der Waals surface area contributed by atoms with Crippen LogP contribution >= 0.6 is 0 Å². The molecule has 6 nitrogen and oxygen atoms in total. The van der Waals surface area contributed by atoms with Crippen molar-refractivity contribution in [2.45, 2.75) is 38.5 Å². The molecule has 0 spiro atoms. The summed E-state index contributed by atoms with van der Waals surface area (Å²) in [5.74, 6) is 0.853. The van der Waals surface area contributed by atoms with Gasteiger partial charge in [0.25, 0.3) is 5.91 Å². The molecule has 0 unspecified atom stereocenters. The second-order valence-electron chi connectivity index (χ2n) is 7.59. The summed E-state index contributed by atoms with van der Waals surface area (Å²) in [5, 5.41) is 10.2. The number of rotatable bonds is 5. The fourth-order valence-electron chi connectivity index (χ4n) is 4.00. The third kappa shape index (κ3) is 3.66. The number of aryl methyl sites for hydroxylation is 3. The van der Waals surface area contributed by atoms with Crippen molar-refractivity contribution in [3.8, 4) is 0 Å². The Morgan fingerprint density at radius 1 is 1.00 bits per heavy atom. The number of para-hydroxylation sites is 2. The number of aromatic amines is 2. The Bertz CT molecular complexity index is 1120. The van der Waals surface area contributed by atoms with E-state index in [0.717, 1.165) is 72.3 Å². The zero-order valence-electron chi connectivity index (χ0n) is 16.2. The number of amides is 1. The van der Waals surface area contributed by atoms with Crippen LogP contribution in [0.4, 0.5) is 5.69 Å². The van der Waals surface area contributed by atoms with Crippen LogP contribution in [0, 0.1) is 0 Å². The summed E-state index contributed by atoms with van der Waals surface area (Å²) in [6, 6.07) is 16.1. The van der Waals surface area contributed by atoms with Gasteiger partial charge in [0.05, 0.1) is 11.0 Å². The number of fused-ring (bicyclic) bond motifs is 2. The summed E-state index contributed by atoms with van der Waals surface area (Å²) >= 11 is 0. The van der Waals surface area contributed by atoms with Gasteiger partial charge in [0.15, 0.2) is 5.69 Å². The fraction of sp³-hybridized carbons (Fsp3) is 0.261. The van der Waals surface area contributed by atoms with Crippen LogP contribution in [0.25, 0.3) is 11.0 Å². The fourth-order valence-corrected chi connectivity index (χ4v) is 4.00. The van der Waals surface area contributed by atoms with Crippen LogP contribution in [0.2, 0.25) is 0 Å². The number of hydrogen-bond acceptors (Lipinski definition) is 3. The molecule has 2 aromatic carbocycles.